The van der Waals surface area contributed by atoms with Crippen LogP contribution in [-0.4, -0.2) is 4.90 Å². The van der Waals surface area contributed by atoms with Gasteiger partial charge in [0.1, 0.15) is 0 Å². The van der Waals surface area contributed by atoms with Crippen LogP contribution in [0.1, 0.15) is 70.1 Å². The van der Waals surface area contributed by atoms with Crippen LogP contribution in [0, 0.1) is 0 Å². The first-order valence-corrected chi connectivity index (χ1v) is 21.9. The second kappa shape index (κ2) is 18.7. The molecule has 2 atom stereocenters. The van der Waals surface area contributed by atoms with Gasteiger partial charge in [-0.05, 0) is 139 Å². The maximum atomic E-state index is 9.93. The Morgan fingerprint density at radius 3 is 2.12 bits per heavy atom. The van der Waals surface area contributed by atoms with Crippen molar-refractivity contribution < 1.29 is 5.48 Å². The Labute approximate surface area is 385 Å². The van der Waals surface area contributed by atoms with Crippen LogP contribution in [0.3, 0.4) is 0 Å². The third-order valence-electron chi connectivity index (χ3n) is 12.4. The van der Waals surface area contributed by atoms with Crippen LogP contribution in [0.4, 0.5) is 0 Å². The van der Waals surface area contributed by atoms with Gasteiger partial charge in [0.05, 0.1) is 8.16 Å². The molecule has 0 fully saturated rings. The van der Waals surface area contributed by atoms with E-state index in [1.807, 2.05) is 65.7 Å². The molecule has 64 heavy (non-hydrogen) atoms. The molecule has 310 valence electrons. The molecule has 2 unspecified atom stereocenters. The van der Waals surface area contributed by atoms with E-state index in [-0.39, 0.29) is 5.70 Å². The highest BCUT2D eigenvalue weighted by Gasteiger charge is 2.46. The average Bonchev–Trinajstić information content (AvgIpc) is 3.69. The molecule has 0 heterocycles. The first kappa shape index (κ1) is 36.9. The maximum Gasteiger partial charge on any atom is 0.0714 e. The highest BCUT2D eigenvalue weighted by Crippen LogP contribution is 2.55. The summed E-state index contributed by atoms with van der Waals surface area (Å²) in [5.74, 6) is 0. The van der Waals surface area contributed by atoms with Crippen LogP contribution in [-0.2, 0) is 5.41 Å². The number of fused-ring (bicyclic) bond motifs is 4. The van der Waals surface area contributed by atoms with E-state index < -0.39 is 18.2 Å². The van der Waals surface area contributed by atoms with Gasteiger partial charge in [-0.1, -0.05) is 214 Å². The summed E-state index contributed by atoms with van der Waals surface area (Å²) >= 11 is 0. The number of rotatable bonds is 15. The van der Waals surface area contributed by atoms with Crippen LogP contribution in [0.2, 0.25) is 0 Å². The predicted molar refractivity (Wildman–Crippen MR) is 276 cm³/mol. The monoisotopic (exact) mass is 827 g/mol. The molecule has 0 aliphatic heterocycles. The lowest BCUT2D eigenvalue weighted by molar-refractivity contribution is 0.564. The van der Waals surface area contributed by atoms with Crippen LogP contribution in [0.5, 0.6) is 0 Å². The highest BCUT2D eigenvalue weighted by atomic mass is 15.1. The van der Waals surface area contributed by atoms with Gasteiger partial charge < -0.3 is 4.90 Å². The Bertz CT molecular complexity index is 3230. The minimum atomic E-state index is -1.30. The summed E-state index contributed by atoms with van der Waals surface area (Å²) in [6, 6.07) is 56.4. The third kappa shape index (κ3) is 7.94. The van der Waals surface area contributed by atoms with Gasteiger partial charge in [0.2, 0.25) is 0 Å². The number of hydrogen-bond acceptors (Lipinski definition) is 1. The first-order chi connectivity index (χ1) is 33.4. The fourth-order valence-electron chi connectivity index (χ4n) is 9.40. The fourth-order valence-corrected chi connectivity index (χ4v) is 9.40. The van der Waals surface area contributed by atoms with Gasteiger partial charge in [-0.3, -0.25) is 0 Å². The second-order valence-electron chi connectivity index (χ2n) is 16.1. The van der Waals surface area contributed by atoms with Crippen molar-refractivity contribution in [2.45, 2.75) is 31.1 Å². The van der Waals surface area contributed by atoms with Crippen molar-refractivity contribution in [3.8, 4) is 0 Å². The van der Waals surface area contributed by atoms with Gasteiger partial charge >= 0.3 is 0 Å². The van der Waals surface area contributed by atoms with Gasteiger partial charge in [-0.25, -0.2) is 0 Å². The van der Waals surface area contributed by atoms with Crippen molar-refractivity contribution in [3.05, 3.63) is 301 Å². The molecule has 0 saturated heterocycles. The van der Waals surface area contributed by atoms with Crippen molar-refractivity contribution in [2.24, 2.45) is 0 Å². The molecule has 7 aromatic rings. The van der Waals surface area contributed by atoms with Crippen LogP contribution in [0.15, 0.2) is 262 Å². The van der Waals surface area contributed by atoms with Gasteiger partial charge in [0.15, 0.2) is 0 Å². The van der Waals surface area contributed by atoms with E-state index in [9.17, 15) is 2.74 Å². The molecule has 0 radical (unpaired) electrons. The SMILES string of the molecule is [2H]C=C(c1cccc(C2=CCCC=C2)c1)C([2H])C([2H])C(=C[2H])N(/C=C/C1=C(C=C)c2ccccc2C1(c1ccccc1)c1ccccc1)C(/C=C/c1cc2ccccc2c2ccccc12)=C/C=C. The molecule has 0 bridgehead atoms. The smallest absolute Gasteiger partial charge is 0.0714 e. The van der Waals surface area contributed by atoms with E-state index in [4.69, 9.17) is 2.74 Å². The molecule has 1 heteroatoms. The maximum absolute atomic E-state index is 9.93. The molecule has 7 aromatic carbocycles. The molecule has 0 saturated carbocycles. The Morgan fingerprint density at radius 1 is 0.688 bits per heavy atom. The lowest BCUT2D eigenvalue weighted by Gasteiger charge is -2.35. The topological polar surface area (TPSA) is 3.24 Å². The number of benzene rings is 7. The summed E-state index contributed by atoms with van der Waals surface area (Å²) in [5, 5.41) is 4.52. The van der Waals surface area contributed by atoms with E-state index >= 15 is 0 Å². The molecule has 0 amide bonds. The van der Waals surface area contributed by atoms with E-state index in [0.717, 1.165) is 79.1 Å². The molecule has 0 N–H and O–H groups in total. The van der Waals surface area contributed by atoms with Gasteiger partial charge in [-0.15, -0.1) is 0 Å². The van der Waals surface area contributed by atoms with Crippen molar-refractivity contribution in [1.82, 2.24) is 4.90 Å². The average molecular weight is 828 g/mol. The summed E-state index contributed by atoms with van der Waals surface area (Å²) in [7, 11) is 0. The zero-order chi connectivity index (χ0) is 47.0. The second-order valence-corrected chi connectivity index (χ2v) is 16.1. The minimum absolute atomic E-state index is 0.247. The van der Waals surface area contributed by atoms with E-state index in [1.54, 1.807) is 6.08 Å². The lowest BCUT2D eigenvalue weighted by Crippen LogP contribution is -2.29. The molecule has 2 aliphatic carbocycles. The largest absolute Gasteiger partial charge is 0.321 e. The van der Waals surface area contributed by atoms with Crippen LogP contribution >= 0.6 is 0 Å². The quantitative estimate of drug-likeness (QED) is 0.0735. The van der Waals surface area contributed by atoms with Crippen molar-refractivity contribution >= 4 is 44.3 Å². The lowest BCUT2D eigenvalue weighted by atomic mass is 9.67. The molecule has 1 nitrogen and oxygen atoms in total. The third-order valence-corrected chi connectivity index (χ3v) is 12.4. The van der Waals surface area contributed by atoms with E-state index in [0.29, 0.717) is 16.8 Å². The van der Waals surface area contributed by atoms with Gasteiger partial charge in [0.25, 0.3) is 0 Å². The fraction of sp³-hybridized carbons (Fsp3) is 0.0794. The molecule has 0 spiro atoms. The van der Waals surface area contributed by atoms with Crippen molar-refractivity contribution in [1.29, 1.82) is 0 Å². The summed E-state index contributed by atoms with van der Waals surface area (Å²) in [4.78, 5) is 1.85. The molecule has 0 aromatic heterocycles. The molecular formula is C63H53N. The van der Waals surface area contributed by atoms with Crippen molar-refractivity contribution in [2.75, 3.05) is 0 Å². The Hall–Kier alpha value is -7.74. The van der Waals surface area contributed by atoms with Gasteiger partial charge in [0, 0.05) is 20.3 Å². The minimum Gasteiger partial charge on any atom is -0.321 e. The summed E-state index contributed by atoms with van der Waals surface area (Å²) in [5.41, 5.74) is 10.6. The number of allylic oxidation sites excluding steroid dienone is 13. The van der Waals surface area contributed by atoms with Crippen LogP contribution < -0.4 is 0 Å². The van der Waals surface area contributed by atoms with E-state index in [1.165, 1.54) is 18.5 Å². The van der Waals surface area contributed by atoms with Crippen molar-refractivity contribution in [3.63, 3.8) is 0 Å². The summed E-state index contributed by atoms with van der Waals surface area (Å²) in [6.07, 6.45) is 19.6. The highest BCUT2D eigenvalue weighted by molar-refractivity contribution is 6.10. The van der Waals surface area contributed by atoms with Crippen LogP contribution in [0.25, 0.3) is 44.3 Å². The Morgan fingerprint density at radius 2 is 1.41 bits per heavy atom. The Balaban J connectivity index is 1.22. The van der Waals surface area contributed by atoms with E-state index in [2.05, 4.69) is 171 Å². The summed E-state index contributed by atoms with van der Waals surface area (Å²) in [6.45, 7) is 10.9. The predicted octanol–water partition coefficient (Wildman–Crippen LogP) is 16.6. The molecule has 2 aliphatic rings. The normalized spacial score (nSPS) is 17.1. The number of hydrogen-bond donors (Lipinski definition) is 0. The molecule has 9 rings (SSSR count). The molecular weight excluding hydrogens is 771 g/mol. The first-order valence-electron chi connectivity index (χ1n) is 24.2. The number of nitrogens with zero attached hydrogens (tertiary/aromatic N) is 1. The zero-order valence-corrected chi connectivity index (χ0v) is 35.9. The standard InChI is InChI=1S/C63H53N/c1-5-23-55(41-40-52-45-51-26-16-17-33-57(51)59-35-19-18-34-58(52)59)64(47(4)39-38-46(3)49-27-22-28-50(44-49)48-24-10-7-11-25-48)43-42-62-56(6-2)60-36-20-21-37-61(60)63(62,53-29-12-8-13-30-53)54-31-14-9-15-32-54/h5-6,8-10,12-37,40-45H,1-4,7,11,38-39H2/b41-40+,43-42+,55-23+/i3D,4D,38D,39D/b41-40+,43-42+,46-3?,47-4?,55-23+. The summed E-state index contributed by atoms with van der Waals surface area (Å²) < 4.78 is 37.4. The van der Waals surface area contributed by atoms with Gasteiger partial charge in [-0.2, -0.15) is 0 Å². The zero-order valence-electron chi connectivity index (χ0n) is 39.9. The Kier molecular flexibility index (Phi) is 10.8.